The SMILES string of the molecule is C=C(C#CC)/C=c1/sc2c(sc3cc(C#CC)ccc32)c1=C. The molecule has 2 aromatic heterocycles. The van der Waals surface area contributed by atoms with Crippen molar-refractivity contribution in [3.8, 4) is 23.7 Å². The maximum Gasteiger partial charge on any atom is 0.0541 e. The summed E-state index contributed by atoms with van der Waals surface area (Å²) in [5, 5.41) is 2.35. The van der Waals surface area contributed by atoms with Crippen molar-refractivity contribution >= 4 is 54.8 Å². The van der Waals surface area contributed by atoms with E-state index < -0.39 is 0 Å². The summed E-state index contributed by atoms with van der Waals surface area (Å²) in [5.74, 6) is 11.9. The first-order valence-corrected chi connectivity index (χ1v) is 8.47. The highest BCUT2D eigenvalue weighted by Gasteiger charge is 2.09. The first-order valence-electron chi connectivity index (χ1n) is 6.84. The molecule has 0 saturated heterocycles. The first kappa shape index (κ1) is 14.7. The van der Waals surface area contributed by atoms with Crippen molar-refractivity contribution in [2.24, 2.45) is 0 Å². The van der Waals surface area contributed by atoms with E-state index >= 15 is 0 Å². The van der Waals surface area contributed by atoms with Crippen molar-refractivity contribution in [3.63, 3.8) is 0 Å². The maximum atomic E-state index is 4.25. The van der Waals surface area contributed by atoms with Crippen LogP contribution in [0.25, 0.3) is 32.1 Å². The van der Waals surface area contributed by atoms with Crippen molar-refractivity contribution in [1.29, 1.82) is 0 Å². The Balaban J connectivity index is 2.27. The van der Waals surface area contributed by atoms with Gasteiger partial charge in [-0.1, -0.05) is 31.1 Å². The highest BCUT2D eigenvalue weighted by molar-refractivity contribution is 7.32. The van der Waals surface area contributed by atoms with Crippen LogP contribution in [0.4, 0.5) is 0 Å². The molecule has 0 bridgehead atoms. The largest absolute Gasteiger partial charge is 0.134 e. The molecule has 0 nitrogen and oxygen atoms in total. The second-order valence-electron chi connectivity index (χ2n) is 4.84. The van der Waals surface area contributed by atoms with Crippen LogP contribution in [-0.4, -0.2) is 0 Å². The van der Waals surface area contributed by atoms with Gasteiger partial charge in [-0.25, -0.2) is 0 Å². The van der Waals surface area contributed by atoms with Crippen molar-refractivity contribution in [2.75, 3.05) is 0 Å². The Labute approximate surface area is 138 Å². The zero-order valence-corrected chi connectivity index (χ0v) is 14.2. The molecule has 0 unspecified atom stereocenters. The number of rotatable bonds is 1. The molecule has 0 saturated carbocycles. The van der Waals surface area contributed by atoms with Crippen LogP contribution in [0.3, 0.4) is 0 Å². The van der Waals surface area contributed by atoms with Crippen molar-refractivity contribution < 1.29 is 0 Å². The van der Waals surface area contributed by atoms with Gasteiger partial charge in [-0.15, -0.1) is 34.5 Å². The number of allylic oxidation sites excluding steroid dienone is 1. The molecule has 3 rings (SSSR count). The molecule has 0 aliphatic carbocycles. The third kappa shape index (κ3) is 2.48. The molecular formula is C20H14S2. The fraction of sp³-hybridized carbons (Fsp3) is 0.100. The molecule has 0 aliphatic heterocycles. The van der Waals surface area contributed by atoms with Crippen molar-refractivity contribution in [3.05, 3.63) is 45.7 Å². The van der Waals surface area contributed by atoms with Gasteiger partial charge in [0, 0.05) is 31.0 Å². The maximum absolute atomic E-state index is 4.25. The van der Waals surface area contributed by atoms with E-state index in [0.29, 0.717) is 0 Å². The fourth-order valence-corrected chi connectivity index (χ4v) is 5.00. The van der Waals surface area contributed by atoms with Gasteiger partial charge in [0.25, 0.3) is 0 Å². The Bertz CT molecular complexity index is 1130. The Morgan fingerprint density at radius 3 is 2.68 bits per heavy atom. The summed E-state index contributed by atoms with van der Waals surface area (Å²) >= 11 is 3.55. The lowest BCUT2D eigenvalue weighted by atomic mass is 10.2. The van der Waals surface area contributed by atoms with Crippen LogP contribution >= 0.6 is 22.7 Å². The summed E-state index contributed by atoms with van der Waals surface area (Å²) < 4.78 is 4.97. The van der Waals surface area contributed by atoms with Crippen molar-refractivity contribution in [1.82, 2.24) is 0 Å². The molecule has 2 heteroatoms. The monoisotopic (exact) mass is 318 g/mol. The van der Waals surface area contributed by atoms with Gasteiger partial charge in [-0.3, -0.25) is 0 Å². The fourth-order valence-electron chi connectivity index (χ4n) is 2.35. The van der Waals surface area contributed by atoms with E-state index in [0.717, 1.165) is 20.9 Å². The van der Waals surface area contributed by atoms with E-state index in [1.165, 1.54) is 19.5 Å². The molecule has 106 valence electrons. The predicted octanol–water partition coefficient (Wildman–Crippen LogP) is 4.26. The average molecular weight is 318 g/mol. The van der Waals surface area contributed by atoms with Gasteiger partial charge < -0.3 is 0 Å². The molecule has 0 spiro atoms. The molecule has 0 fully saturated rings. The van der Waals surface area contributed by atoms with E-state index in [2.05, 4.69) is 55.0 Å². The smallest absolute Gasteiger partial charge is 0.0541 e. The van der Waals surface area contributed by atoms with Gasteiger partial charge in [0.15, 0.2) is 0 Å². The Kier molecular flexibility index (Phi) is 3.90. The quantitative estimate of drug-likeness (QED) is 0.588. The average Bonchev–Trinajstić information content (AvgIpc) is 2.97. The van der Waals surface area contributed by atoms with E-state index in [4.69, 9.17) is 0 Å². The summed E-state index contributed by atoms with van der Waals surface area (Å²) in [6, 6.07) is 6.40. The number of thiophene rings is 2. The highest BCUT2D eigenvalue weighted by atomic mass is 32.1. The zero-order valence-electron chi connectivity index (χ0n) is 12.5. The normalized spacial score (nSPS) is 11.1. The third-order valence-electron chi connectivity index (χ3n) is 3.29. The molecule has 22 heavy (non-hydrogen) atoms. The summed E-state index contributed by atoms with van der Waals surface area (Å²) in [6.45, 7) is 11.9. The lowest BCUT2D eigenvalue weighted by Crippen LogP contribution is -2.15. The van der Waals surface area contributed by atoms with E-state index in [1.807, 2.05) is 19.9 Å². The lowest BCUT2D eigenvalue weighted by molar-refractivity contribution is 1.74. The van der Waals surface area contributed by atoms with E-state index in [-0.39, 0.29) is 0 Å². The van der Waals surface area contributed by atoms with Crippen LogP contribution in [0.15, 0.2) is 30.4 Å². The number of hydrogen-bond acceptors (Lipinski definition) is 2. The minimum Gasteiger partial charge on any atom is -0.134 e. The summed E-state index contributed by atoms with van der Waals surface area (Å²) in [4.78, 5) is 0. The van der Waals surface area contributed by atoms with Gasteiger partial charge in [-0.2, -0.15) is 0 Å². The second-order valence-corrected chi connectivity index (χ2v) is 6.94. The molecule has 0 N–H and O–H groups in total. The number of benzene rings is 1. The topological polar surface area (TPSA) is 0 Å². The molecule has 3 aromatic rings. The Morgan fingerprint density at radius 1 is 1.14 bits per heavy atom. The lowest BCUT2D eigenvalue weighted by Gasteiger charge is -1.91. The van der Waals surface area contributed by atoms with Crippen molar-refractivity contribution in [2.45, 2.75) is 13.8 Å². The van der Waals surface area contributed by atoms with Crippen LogP contribution in [0.1, 0.15) is 19.4 Å². The summed E-state index contributed by atoms with van der Waals surface area (Å²) in [7, 11) is 0. The molecule has 0 atom stereocenters. The van der Waals surface area contributed by atoms with Crippen LogP contribution in [0.2, 0.25) is 0 Å². The molecule has 2 heterocycles. The molecule has 0 aliphatic rings. The van der Waals surface area contributed by atoms with Gasteiger partial charge in [0.1, 0.15) is 0 Å². The Morgan fingerprint density at radius 2 is 1.95 bits per heavy atom. The number of hydrogen-bond donors (Lipinski definition) is 0. The van der Waals surface area contributed by atoms with Crippen LogP contribution < -0.4 is 9.75 Å². The van der Waals surface area contributed by atoms with Gasteiger partial charge in [0.2, 0.25) is 0 Å². The minimum absolute atomic E-state index is 0.825. The predicted molar refractivity (Wildman–Crippen MR) is 102 cm³/mol. The molecular weight excluding hydrogens is 304 g/mol. The van der Waals surface area contributed by atoms with Gasteiger partial charge in [-0.05, 0) is 32.1 Å². The highest BCUT2D eigenvalue weighted by Crippen LogP contribution is 2.34. The molecule has 1 aromatic carbocycles. The van der Waals surface area contributed by atoms with E-state index in [1.54, 1.807) is 22.7 Å². The zero-order chi connectivity index (χ0) is 15.7. The van der Waals surface area contributed by atoms with Crippen LogP contribution in [-0.2, 0) is 0 Å². The van der Waals surface area contributed by atoms with Gasteiger partial charge in [0.05, 0.1) is 9.40 Å². The Hall–Kier alpha value is -2.26. The first-order chi connectivity index (χ1) is 10.6. The van der Waals surface area contributed by atoms with Crippen LogP contribution in [0, 0.1) is 23.7 Å². The molecule has 0 radical (unpaired) electrons. The molecule has 0 amide bonds. The van der Waals surface area contributed by atoms with Crippen LogP contribution in [0.5, 0.6) is 0 Å². The number of fused-ring (bicyclic) bond motifs is 3. The standard InChI is InChI=1S/C20H14S2/c1-5-7-13(3)11-17-14(4)19-20(21-17)16-10-9-15(8-6-2)12-18(16)22-19/h9-12H,3-4H2,1-2H3/b17-11+. The van der Waals surface area contributed by atoms with Gasteiger partial charge >= 0.3 is 0 Å². The summed E-state index contributed by atoms with van der Waals surface area (Å²) in [6.07, 6.45) is 2.03. The third-order valence-corrected chi connectivity index (χ3v) is 5.84. The summed E-state index contributed by atoms with van der Waals surface area (Å²) in [5.41, 5.74) is 1.89. The second kappa shape index (κ2) is 5.85. The van der Waals surface area contributed by atoms with E-state index in [9.17, 15) is 0 Å². The minimum atomic E-state index is 0.825.